The van der Waals surface area contributed by atoms with Crippen LogP contribution in [0.5, 0.6) is 0 Å². The molecule has 0 unspecified atom stereocenters. The van der Waals surface area contributed by atoms with Crippen molar-refractivity contribution in [2.75, 3.05) is 6.26 Å². The van der Waals surface area contributed by atoms with Gasteiger partial charge in [-0.15, -0.1) is 23.5 Å². The molecule has 2 nitrogen and oxygen atoms in total. The Morgan fingerprint density at radius 2 is 1.79 bits per heavy atom. The molecule has 0 bridgehead atoms. The molecule has 19 heavy (non-hydrogen) atoms. The third-order valence-corrected chi connectivity index (χ3v) is 4.56. The SMILES string of the molecule is CSc1ccc(CSc2ccccc2C(=O)O)cc1. The lowest BCUT2D eigenvalue weighted by atomic mass is 10.2. The average molecular weight is 290 g/mol. The quantitative estimate of drug-likeness (QED) is 0.828. The summed E-state index contributed by atoms with van der Waals surface area (Å²) in [4.78, 5) is 13.1. The Bertz CT molecular complexity index is 565. The first-order valence-electron chi connectivity index (χ1n) is 5.79. The number of thioether (sulfide) groups is 2. The van der Waals surface area contributed by atoms with Crippen molar-refractivity contribution in [1.29, 1.82) is 0 Å². The predicted octanol–water partition coefficient (Wildman–Crippen LogP) is 4.40. The Labute approximate surface area is 121 Å². The zero-order valence-electron chi connectivity index (χ0n) is 10.5. The molecule has 0 radical (unpaired) electrons. The number of aromatic carboxylic acids is 1. The lowest BCUT2D eigenvalue weighted by Gasteiger charge is -2.06. The van der Waals surface area contributed by atoms with Gasteiger partial charge in [-0.2, -0.15) is 0 Å². The van der Waals surface area contributed by atoms with E-state index < -0.39 is 5.97 Å². The molecular formula is C15H14O2S2. The van der Waals surface area contributed by atoms with E-state index in [0.717, 1.165) is 10.6 Å². The molecule has 2 aromatic rings. The highest BCUT2D eigenvalue weighted by Crippen LogP contribution is 2.27. The number of carbonyl (C=O) groups is 1. The molecule has 0 heterocycles. The van der Waals surface area contributed by atoms with Crippen LogP contribution in [-0.2, 0) is 5.75 Å². The van der Waals surface area contributed by atoms with Gasteiger partial charge in [-0.25, -0.2) is 4.79 Å². The van der Waals surface area contributed by atoms with Crippen LogP contribution in [-0.4, -0.2) is 17.3 Å². The van der Waals surface area contributed by atoms with Crippen LogP contribution in [0.2, 0.25) is 0 Å². The van der Waals surface area contributed by atoms with E-state index in [1.54, 1.807) is 35.7 Å². The van der Waals surface area contributed by atoms with E-state index >= 15 is 0 Å². The topological polar surface area (TPSA) is 37.3 Å². The van der Waals surface area contributed by atoms with Crippen molar-refractivity contribution in [3.05, 3.63) is 59.7 Å². The normalized spacial score (nSPS) is 10.4. The molecule has 1 N–H and O–H groups in total. The van der Waals surface area contributed by atoms with Gasteiger partial charge in [0.15, 0.2) is 0 Å². The van der Waals surface area contributed by atoms with Crippen LogP contribution in [0.25, 0.3) is 0 Å². The summed E-state index contributed by atoms with van der Waals surface area (Å²) in [5.41, 5.74) is 1.57. The minimum atomic E-state index is -0.874. The minimum absolute atomic E-state index is 0.369. The van der Waals surface area contributed by atoms with E-state index in [1.165, 1.54) is 10.5 Å². The van der Waals surface area contributed by atoms with Crippen molar-refractivity contribution < 1.29 is 9.90 Å². The van der Waals surface area contributed by atoms with Crippen molar-refractivity contribution in [3.8, 4) is 0 Å². The van der Waals surface area contributed by atoms with Crippen molar-refractivity contribution in [1.82, 2.24) is 0 Å². The third-order valence-electron chi connectivity index (χ3n) is 2.67. The largest absolute Gasteiger partial charge is 0.478 e. The number of carboxylic acids is 1. The van der Waals surface area contributed by atoms with Crippen LogP contribution >= 0.6 is 23.5 Å². The summed E-state index contributed by atoms with van der Waals surface area (Å²) in [6.45, 7) is 0. The lowest BCUT2D eigenvalue weighted by Crippen LogP contribution is -1.98. The maximum Gasteiger partial charge on any atom is 0.336 e. The van der Waals surface area contributed by atoms with E-state index in [9.17, 15) is 4.79 Å². The molecule has 0 aromatic heterocycles. The Morgan fingerprint density at radius 1 is 1.11 bits per heavy atom. The van der Waals surface area contributed by atoms with Crippen LogP contribution in [0.3, 0.4) is 0 Å². The molecule has 0 fully saturated rings. The van der Waals surface area contributed by atoms with Gasteiger partial charge < -0.3 is 5.11 Å². The summed E-state index contributed by atoms with van der Waals surface area (Å²) < 4.78 is 0. The first-order valence-corrected chi connectivity index (χ1v) is 8.00. The van der Waals surface area contributed by atoms with Crippen LogP contribution in [0.15, 0.2) is 58.3 Å². The summed E-state index contributed by atoms with van der Waals surface area (Å²) >= 11 is 3.27. The predicted molar refractivity (Wildman–Crippen MR) is 81.2 cm³/mol. The first kappa shape index (κ1) is 14.0. The van der Waals surface area contributed by atoms with Gasteiger partial charge in [0, 0.05) is 15.5 Å². The lowest BCUT2D eigenvalue weighted by molar-refractivity contribution is 0.0693. The molecule has 0 spiro atoms. The van der Waals surface area contributed by atoms with E-state index in [4.69, 9.17) is 5.11 Å². The summed E-state index contributed by atoms with van der Waals surface area (Å²) in [6, 6.07) is 15.5. The van der Waals surface area contributed by atoms with Crippen LogP contribution in [0, 0.1) is 0 Å². The molecular weight excluding hydrogens is 276 g/mol. The standard InChI is InChI=1S/C15H14O2S2/c1-18-12-8-6-11(7-9-12)10-19-14-5-3-2-4-13(14)15(16)17/h2-9H,10H2,1H3,(H,16,17). The van der Waals surface area contributed by atoms with E-state index in [1.807, 2.05) is 18.4 Å². The van der Waals surface area contributed by atoms with Crippen molar-refractivity contribution >= 4 is 29.5 Å². The Kier molecular flexibility index (Phi) is 4.93. The summed E-state index contributed by atoms with van der Waals surface area (Å²) in [5.74, 6) is -0.0975. The zero-order chi connectivity index (χ0) is 13.7. The molecule has 0 aliphatic heterocycles. The van der Waals surface area contributed by atoms with Gasteiger partial charge in [-0.3, -0.25) is 0 Å². The molecule has 0 atom stereocenters. The van der Waals surface area contributed by atoms with E-state index in [0.29, 0.717) is 5.56 Å². The van der Waals surface area contributed by atoms with Crippen LogP contribution in [0.1, 0.15) is 15.9 Å². The fraction of sp³-hybridized carbons (Fsp3) is 0.133. The molecule has 2 rings (SSSR count). The fourth-order valence-corrected chi connectivity index (χ4v) is 3.06. The van der Waals surface area contributed by atoms with Crippen molar-refractivity contribution in [2.45, 2.75) is 15.5 Å². The highest BCUT2D eigenvalue weighted by molar-refractivity contribution is 7.98. The Balaban J connectivity index is 2.07. The van der Waals surface area contributed by atoms with E-state index in [-0.39, 0.29) is 0 Å². The second kappa shape index (κ2) is 6.68. The van der Waals surface area contributed by atoms with E-state index in [2.05, 4.69) is 24.3 Å². The molecule has 0 amide bonds. The molecule has 0 saturated heterocycles. The maximum absolute atomic E-state index is 11.1. The van der Waals surface area contributed by atoms with Gasteiger partial charge in [0.1, 0.15) is 0 Å². The van der Waals surface area contributed by atoms with Crippen LogP contribution in [0.4, 0.5) is 0 Å². The summed E-state index contributed by atoms with van der Waals surface area (Å²) in [5, 5.41) is 9.12. The third kappa shape index (κ3) is 3.78. The second-order valence-electron chi connectivity index (χ2n) is 3.94. The smallest absolute Gasteiger partial charge is 0.336 e. The van der Waals surface area contributed by atoms with Gasteiger partial charge in [0.2, 0.25) is 0 Å². The zero-order valence-corrected chi connectivity index (χ0v) is 12.1. The summed E-state index contributed by atoms with van der Waals surface area (Å²) in [7, 11) is 0. The van der Waals surface area contributed by atoms with Gasteiger partial charge >= 0.3 is 5.97 Å². The molecule has 0 aliphatic carbocycles. The van der Waals surface area contributed by atoms with Crippen molar-refractivity contribution in [3.63, 3.8) is 0 Å². The van der Waals surface area contributed by atoms with Gasteiger partial charge in [-0.1, -0.05) is 24.3 Å². The molecule has 0 saturated carbocycles. The van der Waals surface area contributed by atoms with Gasteiger partial charge in [0.05, 0.1) is 5.56 Å². The van der Waals surface area contributed by atoms with Gasteiger partial charge in [0.25, 0.3) is 0 Å². The number of carboxylic acid groups (broad SMARTS) is 1. The molecule has 98 valence electrons. The number of hydrogen-bond donors (Lipinski definition) is 1. The highest BCUT2D eigenvalue weighted by atomic mass is 32.2. The highest BCUT2D eigenvalue weighted by Gasteiger charge is 2.09. The molecule has 4 heteroatoms. The maximum atomic E-state index is 11.1. The average Bonchev–Trinajstić information content (AvgIpc) is 2.46. The number of hydrogen-bond acceptors (Lipinski definition) is 3. The minimum Gasteiger partial charge on any atom is -0.478 e. The number of benzene rings is 2. The molecule has 0 aliphatic rings. The fourth-order valence-electron chi connectivity index (χ4n) is 1.65. The van der Waals surface area contributed by atoms with Crippen molar-refractivity contribution in [2.24, 2.45) is 0 Å². The van der Waals surface area contributed by atoms with Gasteiger partial charge in [-0.05, 0) is 36.1 Å². The van der Waals surface area contributed by atoms with Crippen LogP contribution < -0.4 is 0 Å². The Hall–Kier alpha value is -1.39. The number of rotatable bonds is 5. The molecule has 2 aromatic carbocycles. The summed E-state index contributed by atoms with van der Waals surface area (Å²) in [6.07, 6.45) is 2.05. The second-order valence-corrected chi connectivity index (χ2v) is 5.83. The first-order chi connectivity index (χ1) is 9.20. The monoisotopic (exact) mass is 290 g/mol. The Morgan fingerprint density at radius 3 is 2.42 bits per heavy atom.